The molecule has 0 radical (unpaired) electrons. The second kappa shape index (κ2) is 6.82. The van der Waals surface area contributed by atoms with Crippen LogP contribution in [0.5, 0.6) is 0 Å². The normalized spacial score (nSPS) is 22.3. The lowest BCUT2D eigenvalue weighted by Crippen LogP contribution is -2.41. The highest BCUT2D eigenvalue weighted by Gasteiger charge is 2.20. The van der Waals surface area contributed by atoms with Crippen molar-refractivity contribution in [1.82, 2.24) is 15.1 Å². The molecule has 1 aromatic rings. The number of rotatable bonds is 4. The number of hydrogen-bond donors (Lipinski definition) is 1. The molecule has 0 aliphatic carbocycles. The average molecular weight is 292 g/mol. The van der Waals surface area contributed by atoms with E-state index in [1.807, 2.05) is 0 Å². The second-order valence-corrected chi connectivity index (χ2v) is 5.22. The molecule has 114 valence electrons. The van der Waals surface area contributed by atoms with Crippen LogP contribution in [0.15, 0.2) is 12.1 Å². The second-order valence-electron chi connectivity index (χ2n) is 5.22. The van der Waals surface area contributed by atoms with Crippen LogP contribution in [-0.4, -0.2) is 66.6 Å². The fourth-order valence-corrected chi connectivity index (χ4v) is 2.49. The Bertz CT molecular complexity index is 468. The van der Waals surface area contributed by atoms with Gasteiger partial charge in [-0.25, -0.2) is 0 Å². The van der Waals surface area contributed by atoms with E-state index in [9.17, 15) is 4.79 Å². The molecule has 1 N–H and O–H groups in total. The summed E-state index contributed by atoms with van der Waals surface area (Å²) in [4.78, 5) is 13.9. The highest BCUT2D eigenvalue weighted by molar-refractivity contribution is 5.92. The van der Waals surface area contributed by atoms with Crippen molar-refractivity contribution in [2.75, 3.05) is 44.8 Å². The van der Waals surface area contributed by atoms with Gasteiger partial charge >= 0.3 is 0 Å². The number of hydrogen-bond acceptors (Lipinski definition) is 6. The topological polar surface area (TPSA) is 76.6 Å². The molecule has 3 heterocycles. The molecular weight excluding hydrogens is 272 g/mol. The third kappa shape index (κ3) is 3.68. The maximum Gasteiger partial charge on any atom is 0.274 e. The van der Waals surface area contributed by atoms with Gasteiger partial charge in [0, 0.05) is 26.2 Å². The number of carbonyl (C=O) groups is 1. The van der Waals surface area contributed by atoms with E-state index in [-0.39, 0.29) is 12.0 Å². The van der Waals surface area contributed by atoms with E-state index in [0.717, 1.165) is 26.0 Å². The summed E-state index contributed by atoms with van der Waals surface area (Å²) < 4.78 is 10.8. The Labute approximate surface area is 123 Å². The van der Waals surface area contributed by atoms with Crippen molar-refractivity contribution in [2.45, 2.75) is 18.9 Å². The molecule has 1 atom stereocenters. The van der Waals surface area contributed by atoms with Crippen LogP contribution < -0.4 is 5.32 Å². The minimum atomic E-state index is -0.0866. The monoisotopic (exact) mass is 292 g/mol. The minimum Gasteiger partial charge on any atom is -0.378 e. The van der Waals surface area contributed by atoms with E-state index in [0.29, 0.717) is 37.8 Å². The predicted octanol–water partition coefficient (Wildman–Crippen LogP) is 0.540. The van der Waals surface area contributed by atoms with Gasteiger partial charge in [0.05, 0.1) is 19.3 Å². The van der Waals surface area contributed by atoms with Crippen molar-refractivity contribution >= 4 is 11.7 Å². The summed E-state index contributed by atoms with van der Waals surface area (Å²) in [5, 5.41) is 11.3. The van der Waals surface area contributed by atoms with Crippen molar-refractivity contribution in [1.29, 1.82) is 0 Å². The van der Waals surface area contributed by atoms with Gasteiger partial charge in [0.1, 0.15) is 5.82 Å². The Kier molecular flexibility index (Phi) is 4.62. The average Bonchev–Trinajstić information content (AvgIpc) is 3.07. The molecule has 2 fully saturated rings. The van der Waals surface area contributed by atoms with E-state index in [2.05, 4.69) is 15.5 Å². The van der Waals surface area contributed by atoms with Gasteiger partial charge in [0.25, 0.3) is 5.91 Å². The van der Waals surface area contributed by atoms with Crippen molar-refractivity contribution in [3.63, 3.8) is 0 Å². The van der Waals surface area contributed by atoms with Crippen molar-refractivity contribution in [2.24, 2.45) is 0 Å². The minimum absolute atomic E-state index is 0.0866. The maximum absolute atomic E-state index is 12.2. The number of morpholine rings is 1. The Balaban J connectivity index is 1.54. The van der Waals surface area contributed by atoms with E-state index in [4.69, 9.17) is 9.47 Å². The van der Waals surface area contributed by atoms with Gasteiger partial charge in [0.2, 0.25) is 0 Å². The van der Waals surface area contributed by atoms with Crippen LogP contribution in [0, 0.1) is 0 Å². The molecule has 2 aliphatic rings. The largest absolute Gasteiger partial charge is 0.378 e. The number of amides is 1. The zero-order valence-corrected chi connectivity index (χ0v) is 12.0. The van der Waals surface area contributed by atoms with Crippen LogP contribution in [0.4, 0.5) is 5.82 Å². The van der Waals surface area contributed by atoms with E-state index in [1.54, 1.807) is 17.0 Å². The van der Waals surface area contributed by atoms with E-state index in [1.165, 1.54) is 0 Å². The van der Waals surface area contributed by atoms with Crippen LogP contribution >= 0.6 is 0 Å². The molecule has 1 amide bonds. The van der Waals surface area contributed by atoms with Gasteiger partial charge in [-0.2, -0.15) is 0 Å². The maximum atomic E-state index is 12.2. The lowest BCUT2D eigenvalue weighted by molar-refractivity contribution is 0.0298. The summed E-state index contributed by atoms with van der Waals surface area (Å²) in [5.41, 5.74) is 0.375. The number of nitrogens with one attached hydrogen (secondary N) is 1. The molecule has 3 rings (SSSR count). The van der Waals surface area contributed by atoms with E-state index >= 15 is 0 Å². The highest BCUT2D eigenvalue weighted by Crippen LogP contribution is 2.13. The van der Waals surface area contributed by atoms with Gasteiger partial charge in [0.15, 0.2) is 5.69 Å². The van der Waals surface area contributed by atoms with Gasteiger partial charge in [-0.1, -0.05) is 0 Å². The molecule has 7 heteroatoms. The predicted molar refractivity (Wildman–Crippen MR) is 76.2 cm³/mol. The quantitative estimate of drug-likeness (QED) is 0.873. The molecular formula is C14H20N4O3. The Morgan fingerprint density at radius 1 is 1.29 bits per heavy atom. The summed E-state index contributed by atoms with van der Waals surface area (Å²) in [6.07, 6.45) is 2.44. The fourth-order valence-electron chi connectivity index (χ4n) is 2.49. The lowest BCUT2D eigenvalue weighted by Gasteiger charge is -2.26. The first-order valence-corrected chi connectivity index (χ1v) is 7.39. The SMILES string of the molecule is O=C(c1ccc(NCC2CCCO2)nn1)N1CCOCC1. The summed E-state index contributed by atoms with van der Waals surface area (Å²) in [6.45, 7) is 3.95. The fraction of sp³-hybridized carbons (Fsp3) is 0.643. The van der Waals surface area contributed by atoms with Crippen LogP contribution in [0.25, 0.3) is 0 Å². The molecule has 0 saturated carbocycles. The molecule has 2 aliphatic heterocycles. The van der Waals surface area contributed by atoms with Crippen molar-refractivity contribution in [3.8, 4) is 0 Å². The Morgan fingerprint density at radius 2 is 2.14 bits per heavy atom. The Morgan fingerprint density at radius 3 is 2.81 bits per heavy atom. The van der Waals surface area contributed by atoms with E-state index < -0.39 is 0 Å². The number of carbonyl (C=O) groups excluding carboxylic acids is 1. The number of aromatic nitrogens is 2. The smallest absolute Gasteiger partial charge is 0.274 e. The van der Waals surface area contributed by atoms with Crippen molar-refractivity contribution < 1.29 is 14.3 Å². The molecule has 0 bridgehead atoms. The molecule has 7 nitrogen and oxygen atoms in total. The summed E-state index contributed by atoms with van der Waals surface area (Å²) in [5.74, 6) is 0.584. The molecule has 0 aromatic carbocycles. The number of ether oxygens (including phenoxy) is 2. The molecule has 1 unspecified atom stereocenters. The van der Waals surface area contributed by atoms with Gasteiger partial charge in [-0.3, -0.25) is 4.79 Å². The van der Waals surface area contributed by atoms with Gasteiger partial charge in [-0.05, 0) is 25.0 Å². The zero-order valence-electron chi connectivity index (χ0n) is 12.0. The van der Waals surface area contributed by atoms with Crippen LogP contribution in [0.3, 0.4) is 0 Å². The molecule has 21 heavy (non-hydrogen) atoms. The van der Waals surface area contributed by atoms with Crippen LogP contribution in [0.2, 0.25) is 0 Å². The Hall–Kier alpha value is -1.73. The van der Waals surface area contributed by atoms with Gasteiger partial charge in [-0.15, -0.1) is 10.2 Å². The summed E-state index contributed by atoms with van der Waals surface area (Å²) in [7, 11) is 0. The highest BCUT2D eigenvalue weighted by atomic mass is 16.5. The van der Waals surface area contributed by atoms with Crippen molar-refractivity contribution in [3.05, 3.63) is 17.8 Å². The standard InChI is InChI=1S/C14H20N4O3/c19-14(18-5-8-20-9-6-18)12-3-4-13(17-16-12)15-10-11-2-1-7-21-11/h3-4,11H,1-2,5-10H2,(H,15,17). The first-order valence-electron chi connectivity index (χ1n) is 7.39. The first kappa shape index (κ1) is 14.2. The number of nitrogens with zero attached hydrogens (tertiary/aromatic N) is 3. The van der Waals surface area contributed by atoms with Crippen LogP contribution in [-0.2, 0) is 9.47 Å². The zero-order chi connectivity index (χ0) is 14.5. The third-order valence-corrected chi connectivity index (χ3v) is 3.72. The summed E-state index contributed by atoms with van der Waals surface area (Å²) in [6, 6.07) is 3.50. The number of anilines is 1. The summed E-state index contributed by atoms with van der Waals surface area (Å²) >= 11 is 0. The first-order chi connectivity index (χ1) is 10.3. The van der Waals surface area contributed by atoms with Crippen LogP contribution in [0.1, 0.15) is 23.3 Å². The van der Waals surface area contributed by atoms with Gasteiger partial charge < -0.3 is 19.7 Å². The molecule has 0 spiro atoms. The molecule has 1 aromatic heterocycles. The third-order valence-electron chi connectivity index (χ3n) is 3.72. The molecule has 2 saturated heterocycles. The lowest BCUT2D eigenvalue weighted by atomic mass is 10.2.